The van der Waals surface area contributed by atoms with Crippen LogP contribution in [0.4, 0.5) is 11.4 Å². The summed E-state index contributed by atoms with van der Waals surface area (Å²) >= 11 is 0. The SMILES string of the molecule is CC1CN(c2ccc(NC(=O)C3CCCO3)cc2)CCO1. The molecule has 1 aromatic carbocycles. The van der Waals surface area contributed by atoms with Crippen LogP contribution in [0.3, 0.4) is 0 Å². The van der Waals surface area contributed by atoms with Gasteiger partial charge in [0.25, 0.3) is 5.91 Å². The Morgan fingerprint density at radius 2 is 2.05 bits per heavy atom. The summed E-state index contributed by atoms with van der Waals surface area (Å²) in [6.45, 7) is 5.35. The van der Waals surface area contributed by atoms with Gasteiger partial charge in [-0.3, -0.25) is 4.79 Å². The van der Waals surface area contributed by atoms with Gasteiger partial charge in [-0.15, -0.1) is 0 Å². The zero-order chi connectivity index (χ0) is 14.7. The average molecular weight is 290 g/mol. The summed E-state index contributed by atoms with van der Waals surface area (Å²) in [5, 5.41) is 2.92. The van der Waals surface area contributed by atoms with Crippen LogP contribution in [0.15, 0.2) is 24.3 Å². The number of ether oxygens (including phenoxy) is 2. The van der Waals surface area contributed by atoms with Crippen molar-refractivity contribution in [3.05, 3.63) is 24.3 Å². The lowest BCUT2D eigenvalue weighted by atomic mass is 10.2. The number of nitrogens with zero attached hydrogens (tertiary/aromatic N) is 1. The Bertz CT molecular complexity index is 483. The molecule has 2 fully saturated rings. The summed E-state index contributed by atoms with van der Waals surface area (Å²) in [5.41, 5.74) is 1.99. The highest BCUT2D eigenvalue weighted by atomic mass is 16.5. The molecule has 2 saturated heterocycles. The molecule has 0 aliphatic carbocycles. The van der Waals surface area contributed by atoms with E-state index in [0.717, 1.165) is 38.2 Å². The standard InChI is InChI=1S/C16H22N2O3/c1-12-11-18(8-10-20-12)14-6-4-13(5-7-14)17-16(19)15-3-2-9-21-15/h4-7,12,15H,2-3,8-11H2,1H3,(H,17,19). The fourth-order valence-corrected chi connectivity index (χ4v) is 2.82. The molecule has 2 aliphatic heterocycles. The van der Waals surface area contributed by atoms with Gasteiger partial charge in [0.15, 0.2) is 0 Å². The molecular weight excluding hydrogens is 268 g/mol. The van der Waals surface area contributed by atoms with Gasteiger partial charge in [-0.2, -0.15) is 0 Å². The van der Waals surface area contributed by atoms with E-state index in [9.17, 15) is 4.79 Å². The molecule has 0 bridgehead atoms. The second-order valence-corrected chi connectivity index (χ2v) is 5.67. The smallest absolute Gasteiger partial charge is 0.253 e. The number of amides is 1. The highest BCUT2D eigenvalue weighted by Gasteiger charge is 2.23. The average Bonchev–Trinajstić information content (AvgIpc) is 3.02. The van der Waals surface area contributed by atoms with E-state index in [1.807, 2.05) is 24.3 Å². The highest BCUT2D eigenvalue weighted by molar-refractivity contribution is 5.94. The lowest BCUT2D eigenvalue weighted by molar-refractivity contribution is -0.124. The number of hydrogen-bond acceptors (Lipinski definition) is 4. The van der Waals surface area contributed by atoms with Gasteiger partial charge in [0.1, 0.15) is 6.10 Å². The Balaban J connectivity index is 1.59. The van der Waals surface area contributed by atoms with E-state index in [4.69, 9.17) is 9.47 Å². The summed E-state index contributed by atoms with van der Waals surface area (Å²) < 4.78 is 10.9. The largest absolute Gasteiger partial charge is 0.375 e. The van der Waals surface area contributed by atoms with Gasteiger partial charge < -0.3 is 19.7 Å². The number of anilines is 2. The molecule has 0 saturated carbocycles. The van der Waals surface area contributed by atoms with E-state index in [1.54, 1.807) is 0 Å². The molecule has 2 atom stereocenters. The number of benzene rings is 1. The molecule has 21 heavy (non-hydrogen) atoms. The lowest BCUT2D eigenvalue weighted by Crippen LogP contribution is -2.41. The van der Waals surface area contributed by atoms with Gasteiger partial charge in [-0.25, -0.2) is 0 Å². The van der Waals surface area contributed by atoms with Crippen molar-refractivity contribution >= 4 is 17.3 Å². The first-order valence-corrected chi connectivity index (χ1v) is 7.61. The molecule has 2 aliphatic rings. The molecule has 5 heteroatoms. The maximum Gasteiger partial charge on any atom is 0.253 e. The first-order chi connectivity index (χ1) is 10.2. The van der Waals surface area contributed by atoms with Crippen molar-refractivity contribution in [2.45, 2.75) is 32.0 Å². The molecule has 0 aromatic heterocycles. The third kappa shape index (κ3) is 3.54. The fraction of sp³-hybridized carbons (Fsp3) is 0.562. The van der Waals surface area contributed by atoms with Crippen LogP contribution in [0.5, 0.6) is 0 Å². The molecule has 0 radical (unpaired) electrons. The van der Waals surface area contributed by atoms with Crippen LogP contribution in [0.1, 0.15) is 19.8 Å². The van der Waals surface area contributed by atoms with Crippen LogP contribution in [-0.4, -0.2) is 44.4 Å². The number of morpholine rings is 1. The number of carbonyl (C=O) groups is 1. The van der Waals surface area contributed by atoms with Crippen molar-refractivity contribution in [3.8, 4) is 0 Å². The maximum absolute atomic E-state index is 12.0. The number of carbonyl (C=O) groups excluding carboxylic acids is 1. The highest BCUT2D eigenvalue weighted by Crippen LogP contribution is 2.21. The number of rotatable bonds is 3. The van der Waals surface area contributed by atoms with Gasteiger partial charge in [0, 0.05) is 31.1 Å². The minimum atomic E-state index is -0.287. The Hall–Kier alpha value is -1.59. The van der Waals surface area contributed by atoms with Gasteiger partial charge in [-0.1, -0.05) is 0 Å². The Morgan fingerprint density at radius 3 is 2.71 bits per heavy atom. The predicted octanol–water partition coefficient (Wildman–Crippen LogP) is 2.03. The van der Waals surface area contributed by atoms with Gasteiger partial charge in [0.2, 0.25) is 0 Å². The van der Waals surface area contributed by atoms with Crippen LogP contribution in [0.2, 0.25) is 0 Å². The van der Waals surface area contributed by atoms with E-state index in [-0.39, 0.29) is 18.1 Å². The molecule has 2 unspecified atom stereocenters. The van der Waals surface area contributed by atoms with Crippen LogP contribution in [-0.2, 0) is 14.3 Å². The van der Waals surface area contributed by atoms with Crippen LogP contribution >= 0.6 is 0 Å². The molecule has 1 amide bonds. The van der Waals surface area contributed by atoms with Crippen molar-refractivity contribution in [1.29, 1.82) is 0 Å². The third-order valence-electron chi connectivity index (χ3n) is 3.96. The molecule has 1 aromatic rings. The minimum absolute atomic E-state index is 0.0414. The number of hydrogen-bond donors (Lipinski definition) is 1. The van der Waals surface area contributed by atoms with Gasteiger partial charge in [0.05, 0.1) is 12.7 Å². The van der Waals surface area contributed by atoms with Gasteiger partial charge in [-0.05, 0) is 44.0 Å². The quantitative estimate of drug-likeness (QED) is 0.925. The first-order valence-electron chi connectivity index (χ1n) is 7.61. The second-order valence-electron chi connectivity index (χ2n) is 5.67. The first kappa shape index (κ1) is 14.4. The van der Waals surface area contributed by atoms with Gasteiger partial charge >= 0.3 is 0 Å². The third-order valence-corrected chi connectivity index (χ3v) is 3.96. The Kier molecular flexibility index (Phi) is 4.41. The number of nitrogens with one attached hydrogen (secondary N) is 1. The topological polar surface area (TPSA) is 50.8 Å². The summed E-state index contributed by atoms with van der Waals surface area (Å²) in [6, 6.07) is 7.98. The van der Waals surface area contributed by atoms with Crippen molar-refractivity contribution in [2.24, 2.45) is 0 Å². The lowest BCUT2D eigenvalue weighted by Gasteiger charge is -2.33. The molecular formula is C16H22N2O3. The van der Waals surface area contributed by atoms with Crippen LogP contribution < -0.4 is 10.2 Å². The summed E-state index contributed by atoms with van der Waals surface area (Å²) in [4.78, 5) is 14.3. The van der Waals surface area contributed by atoms with Crippen molar-refractivity contribution in [3.63, 3.8) is 0 Å². The van der Waals surface area contributed by atoms with E-state index in [2.05, 4.69) is 17.1 Å². The monoisotopic (exact) mass is 290 g/mol. The van der Waals surface area contributed by atoms with E-state index < -0.39 is 0 Å². The maximum atomic E-state index is 12.0. The van der Waals surface area contributed by atoms with E-state index >= 15 is 0 Å². The fourth-order valence-electron chi connectivity index (χ4n) is 2.82. The molecule has 5 nitrogen and oxygen atoms in total. The van der Waals surface area contributed by atoms with Crippen LogP contribution in [0.25, 0.3) is 0 Å². The van der Waals surface area contributed by atoms with E-state index in [1.165, 1.54) is 5.69 Å². The molecule has 114 valence electrons. The molecule has 1 N–H and O–H groups in total. The summed E-state index contributed by atoms with van der Waals surface area (Å²) in [7, 11) is 0. The zero-order valence-electron chi connectivity index (χ0n) is 12.4. The Morgan fingerprint density at radius 1 is 1.24 bits per heavy atom. The molecule has 0 spiro atoms. The van der Waals surface area contributed by atoms with Crippen molar-refractivity contribution < 1.29 is 14.3 Å². The van der Waals surface area contributed by atoms with Crippen molar-refractivity contribution in [1.82, 2.24) is 0 Å². The van der Waals surface area contributed by atoms with E-state index in [0.29, 0.717) is 6.61 Å². The summed E-state index contributed by atoms with van der Waals surface area (Å²) in [6.07, 6.45) is 1.75. The molecule has 3 rings (SSSR count). The minimum Gasteiger partial charge on any atom is -0.375 e. The molecule has 2 heterocycles. The predicted molar refractivity (Wildman–Crippen MR) is 81.7 cm³/mol. The Labute approximate surface area is 125 Å². The summed E-state index contributed by atoms with van der Waals surface area (Å²) in [5.74, 6) is -0.0414. The zero-order valence-corrected chi connectivity index (χ0v) is 12.4. The van der Waals surface area contributed by atoms with Crippen molar-refractivity contribution in [2.75, 3.05) is 36.5 Å². The normalized spacial score (nSPS) is 25.9. The second kappa shape index (κ2) is 6.45. The van der Waals surface area contributed by atoms with Crippen LogP contribution in [0, 0.1) is 0 Å².